The molecule has 2 aromatic rings. The molecule has 1 unspecified atom stereocenters. The van der Waals surface area contributed by atoms with E-state index in [-0.39, 0.29) is 23.7 Å². The highest BCUT2D eigenvalue weighted by Crippen LogP contribution is 2.22. The molecule has 0 bridgehead atoms. The number of hydrogen-bond acceptors (Lipinski definition) is 6. The molecule has 0 N–H and O–H groups in total. The monoisotopic (exact) mass is 379 g/mol. The zero-order chi connectivity index (χ0) is 18.7. The number of rotatable bonds is 6. The van der Waals surface area contributed by atoms with Crippen LogP contribution in [0.25, 0.3) is 0 Å². The lowest BCUT2D eigenvalue weighted by Crippen LogP contribution is -2.44. The van der Waals surface area contributed by atoms with Crippen LogP contribution in [0.4, 0.5) is 0 Å². The molecule has 0 aliphatic carbocycles. The molecule has 0 radical (unpaired) electrons. The topological polar surface area (TPSA) is 90.2 Å². The van der Waals surface area contributed by atoms with Crippen molar-refractivity contribution in [3.05, 3.63) is 30.0 Å². The number of piperidine rings is 1. The average molecular weight is 379 g/mol. The Morgan fingerprint density at radius 2 is 2.00 bits per heavy atom. The predicted octanol–water partition coefficient (Wildman–Crippen LogP) is 1.80. The van der Waals surface area contributed by atoms with Gasteiger partial charge in [0.2, 0.25) is 0 Å². The molecule has 1 atom stereocenters. The maximum atomic E-state index is 12.9. The lowest BCUT2D eigenvalue weighted by atomic mass is 10.1. The first-order valence-corrected chi connectivity index (χ1v) is 10.4. The largest absolute Gasteiger partial charge is 0.459 e. The fourth-order valence-electron chi connectivity index (χ4n) is 3.01. The van der Waals surface area contributed by atoms with Gasteiger partial charge in [0.05, 0.1) is 6.54 Å². The summed E-state index contributed by atoms with van der Waals surface area (Å²) >= 11 is 0. The number of nitrogens with zero attached hydrogens (tertiary/aromatic N) is 5. The standard InChI is InChI=1S/C17H25N5O3S/c1-4-14-9-18-17(19-10-14)25-15-7-6-8-22(11-15)26(23,24)16-12-21(5-2)13(3)20-16/h9-10,12,15H,4-8,11H2,1-3H3. The first kappa shape index (κ1) is 18.8. The second-order valence-corrected chi connectivity index (χ2v) is 8.27. The fraction of sp³-hybridized carbons (Fsp3) is 0.588. The summed E-state index contributed by atoms with van der Waals surface area (Å²) in [4.78, 5) is 12.6. The number of ether oxygens (including phenoxy) is 1. The predicted molar refractivity (Wildman–Crippen MR) is 96.5 cm³/mol. The number of sulfonamides is 1. The molecule has 0 amide bonds. The van der Waals surface area contributed by atoms with Crippen molar-refractivity contribution >= 4 is 10.0 Å². The molecule has 142 valence electrons. The highest BCUT2D eigenvalue weighted by molar-refractivity contribution is 7.89. The van der Waals surface area contributed by atoms with Crippen molar-refractivity contribution < 1.29 is 13.2 Å². The van der Waals surface area contributed by atoms with Crippen LogP contribution in [0.5, 0.6) is 6.01 Å². The second kappa shape index (κ2) is 7.71. The van der Waals surface area contributed by atoms with E-state index in [4.69, 9.17) is 4.74 Å². The van der Waals surface area contributed by atoms with E-state index in [1.165, 1.54) is 4.31 Å². The van der Waals surface area contributed by atoms with Gasteiger partial charge in [0.1, 0.15) is 11.9 Å². The van der Waals surface area contributed by atoms with Crippen molar-refractivity contribution in [1.29, 1.82) is 0 Å². The second-order valence-electron chi connectivity index (χ2n) is 6.38. The number of aromatic nitrogens is 4. The minimum absolute atomic E-state index is 0.0982. The molecule has 2 aromatic heterocycles. The molecule has 0 saturated carbocycles. The van der Waals surface area contributed by atoms with Gasteiger partial charge in [0.25, 0.3) is 10.0 Å². The maximum absolute atomic E-state index is 12.9. The Morgan fingerprint density at radius 1 is 1.27 bits per heavy atom. The van der Waals surface area contributed by atoms with Crippen LogP contribution in [0, 0.1) is 6.92 Å². The molecular formula is C17H25N5O3S. The Kier molecular flexibility index (Phi) is 5.57. The van der Waals surface area contributed by atoms with Gasteiger partial charge in [-0.2, -0.15) is 4.31 Å². The molecule has 0 spiro atoms. The van der Waals surface area contributed by atoms with E-state index in [9.17, 15) is 8.42 Å². The molecule has 1 saturated heterocycles. The summed E-state index contributed by atoms with van der Waals surface area (Å²) in [7, 11) is -3.63. The van der Waals surface area contributed by atoms with E-state index in [2.05, 4.69) is 15.0 Å². The van der Waals surface area contributed by atoms with E-state index < -0.39 is 10.0 Å². The van der Waals surface area contributed by atoms with Crippen LogP contribution in [-0.4, -0.2) is 51.4 Å². The minimum Gasteiger partial charge on any atom is -0.459 e. The van der Waals surface area contributed by atoms with E-state index in [1.54, 1.807) is 18.6 Å². The molecule has 1 aliphatic rings. The summed E-state index contributed by atoms with van der Waals surface area (Å²) in [6, 6.07) is 0.289. The summed E-state index contributed by atoms with van der Waals surface area (Å²) in [5.41, 5.74) is 1.03. The van der Waals surface area contributed by atoms with E-state index in [1.807, 2.05) is 25.3 Å². The molecule has 9 heteroatoms. The van der Waals surface area contributed by atoms with Crippen LogP contribution in [0.1, 0.15) is 38.1 Å². The number of hydrogen-bond donors (Lipinski definition) is 0. The first-order valence-electron chi connectivity index (χ1n) is 8.95. The quantitative estimate of drug-likeness (QED) is 0.760. The van der Waals surface area contributed by atoms with Crippen molar-refractivity contribution in [1.82, 2.24) is 23.8 Å². The van der Waals surface area contributed by atoms with Gasteiger partial charge in [-0.25, -0.2) is 23.4 Å². The third-order valence-corrected chi connectivity index (χ3v) is 6.34. The van der Waals surface area contributed by atoms with Crippen LogP contribution in [-0.2, 0) is 23.0 Å². The number of imidazole rings is 1. The Balaban J connectivity index is 1.72. The summed E-state index contributed by atoms with van der Waals surface area (Å²) in [5.74, 6) is 0.695. The fourth-order valence-corrected chi connectivity index (χ4v) is 4.52. The van der Waals surface area contributed by atoms with Crippen molar-refractivity contribution in [3.63, 3.8) is 0 Å². The van der Waals surface area contributed by atoms with Gasteiger partial charge >= 0.3 is 6.01 Å². The smallest absolute Gasteiger partial charge is 0.316 e. The Bertz CT molecular complexity index is 848. The highest BCUT2D eigenvalue weighted by Gasteiger charge is 2.33. The zero-order valence-electron chi connectivity index (χ0n) is 15.4. The van der Waals surface area contributed by atoms with E-state index >= 15 is 0 Å². The number of aryl methyl sites for hydroxylation is 3. The SMILES string of the molecule is CCc1cnc(OC2CCCN(S(=O)(=O)c3cn(CC)c(C)n3)C2)nc1. The Labute approximate surface area is 154 Å². The van der Waals surface area contributed by atoms with Crippen LogP contribution in [0.15, 0.2) is 23.6 Å². The van der Waals surface area contributed by atoms with Crippen LogP contribution in [0.2, 0.25) is 0 Å². The summed E-state index contributed by atoms with van der Waals surface area (Å²) < 4.78 is 34.9. The Hall–Kier alpha value is -2.00. The summed E-state index contributed by atoms with van der Waals surface area (Å²) in [6.07, 6.45) is 7.17. The van der Waals surface area contributed by atoms with Gasteiger partial charge in [-0.15, -0.1) is 0 Å². The van der Waals surface area contributed by atoms with Gasteiger partial charge in [-0.3, -0.25) is 0 Å². The highest BCUT2D eigenvalue weighted by atomic mass is 32.2. The molecular weight excluding hydrogens is 354 g/mol. The Morgan fingerprint density at radius 3 is 2.62 bits per heavy atom. The molecule has 3 rings (SSSR count). The van der Waals surface area contributed by atoms with Crippen LogP contribution >= 0.6 is 0 Å². The van der Waals surface area contributed by atoms with Gasteiger partial charge in [-0.1, -0.05) is 6.92 Å². The lowest BCUT2D eigenvalue weighted by Gasteiger charge is -2.30. The lowest BCUT2D eigenvalue weighted by molar-refractivity contribution is 0.119. The van der Waals surface area contributed by atoms with Crippen molar-refractivity contribution in [2.45, 2.75) is 57.7 Å². The molecule has 1 aliphatic heterocycles. The van der Waals surface area contributed by atoms with Crippen molar-refractivity contribution in [2.75, 3.05) is 13.1 Å². The summed E-state index contributed by atoms with van der Waals surface area (Å²) in [6.45, 7) is 7.23. The molecule has 8 nitrogen and oxygen atoms in total. The van der Waals surface area contributed by atoms with Crippen LogP contribution < -0.4 is 4.74 Å². The van der Waals surface area contributed by atoms with E-state index in [0.29, 0.717) is 18.9 Å². The normalized spacial score (nSPS) is 18.8. The molecule has 1 fully saturated rings. The molecule has 0 aromatic carbocycles. The maximum Gasteiger partial charge on any atom is 0.316 e. The minimum atomic E-state index is -3.63. The molecule has 3 heterocycles. The molecule has 26 heavy (non-hydrogen) atoms. The zero-order valence-corrected chi connectivity index (χ0v) is 16.2. The van der Waals surface area contributed by atoms with Gasteiger partial charge < -0.3 is 9.30 Å². The first-order chi connectivity index (χ1) is 12.4. The van der Waals surface area contributed by atoms with Crippen molar-refractivity contribution in [3.8, 4) is 6.01 Å². The van der Waals surface area contributed by atoms with Gasteiger partial charge in [0, 0.05) is 31.7 Å². The summed E-state index contributed by atoms with van der Waals surface area (Å²) in [5, 5.41) is 0.0982. The average Bonchev–Trinajstić information content (AvgIpc) is 3.04. The third-order valence-electron chi connectivity index (χ3n) is 4.60. The van der Waals surface area contributed by atoms with Crippen molar-refractivity contribution in [2.24, 2.45) is 0 Å². The van der Waals surface area contributed by atoms with Gasteiger partial charge in [-0.05, 0) is 38.7 Å². The third kappa shape index (κ3) is 3.88. The van der Waals surface area contributed by atoms with Gasteiger partial charge in [0.15, 0.2) is 5.03 Å². The van der Waals surface area contributed by atoms with Crippen LogP contribution in [0.3, 0.4) is 0 Å². The van der Waals surface area contributed by atoms with E-state index in [0.717, 1.165) is 24.8 Å².